The van der Waals surface area contributed by atoms with Gasteiger partial charge in [0.15, 0.2) is 0 Å². The van der Waals surface area contributed by atoms with Gasteiger partial charge in [0.2, 0.25) is 11.6 Å². The highest BCUT2D eigenvalue weighted by atomic mass is 19.1. The van der Waals surface area contributed by atoms with Crippen molar-refractivity contribution in [3.8, 4) is 23.0 Å². The summed E-state index contributed by atoms with van der Waals surface area (Å²) in [5.74, 6) is -1.32. The lowest BCUT2D eigenvalue weighted by Gasteiger charge is -2.19. The Morgan fingerprint density at radius 1 is 1.39 bits per heavy atom. The van der Waals surface area contributed by atoms with Crippen molar-refractivity contribution in [2.45, 2.75) is 12.8 Å². The number of ether oxygens (including phenoxy) is 1. The Morgan fingerprint density at radius 3 is 2.94 bits per heavy atom. The number of rotatable bonds is 1. The van der Waals surface area contributed by atoms with Crippen molar-refractivity contribution in [2.75, 3.05) is 6.61 Å². The number of oxazole rings is 1. The normalized spacial score (nSPS) is 14.1. The van der Waals surface area contributed by atoms with Gasteiger partial charge in [-0.3, -0.25) is 4.98 Å². The number of aromatic amines is 1. The summed E-state index contributed by atoms with van der Waals surface area (Å²) < 4.78 is 23.8. The third-order valence-electron chi connectivity index (χ3n) is 2.84. The van der Waals surface area contributed by atoms with Gasteiger partial charge in [-0.2, -0.15) is 0 Å². The minimum atomic E-state index is -0.795. The molecule has 2 heterocycles. The number of hydrogen-bond donors (Lipinski definition) is 2. The van der Waals surface area contributed by atoms with Crippen molar-refractivity contribution in [1.29, 1.82) is 0 Å². The van der Waals surface area contributed by atoms with E-state index in [9.17, 15) is 14.3 Å². The molecule has 0 saturated heterocycles. The zero-order valence-electron chi connectivity index (χ0n) is 9.33. The predicted molar refractivity (Wildman–Crippen MR) is 60.2 cm³/mol. The Kier molecular flexibility index (Phi) is 2.36. The lowest BCUT2D eigenvalue weighted by atomic mass is 10.0. The lowest BCUT2D eigenvalue weighted by Crippen LogP contribution is -2.09. The number of aryl methyl sites for hydroxylation is 1. The molecule has 0 saturated carbocycles. The summed E-state index contributed by atoms with van der Waals surface area (Å²) in [6, 6.07) is 2.57. The highest BCUT2D eigenvalue weighted by Crippen LogP contribution is 2.39. The number of hydrogen-bond acceptors (Lipinski definition) is 4. The summed E-state index contributed by atoms with van der Waals surface area (Å²) in [6.07, 6.45) is 1.49. The molecule has 2 aromatic rings. The van der Waals surface area contributed by atoms with E-state index in [-0.39, 0.29) is 11.3 Å². The van der Waals surface area contributed by atoms with Gasteiger partial charge in [0.1, 0.15) is 11.6 Å². The van der Waals surface area contributed by atoms with Crippen LogP contribution in [0.1, 0.15) is 12.0 Å². The van der Waals surface area contributed by atoms with Crippen LogP contribution in [0.2, 0.25) is 0 Å². The minimum Gasteiger partial charge on any atom is -0.493 e. The molecule has 0 atom stereocenters. The van der Waals surface area contributed by atoms with Gasteiger partial charge in [0.25, 0.3) is 0 Å². The Bertz CT molecular complexity index is 659. The third kappa shape index (κ3) is 1.66. The molecule has 2 N–H and O–H groups in total. The maximum absolute atomic E-state index is 13.5. The fourth-order valence-electron chi connectivity index (χ4n) is 2.11. The first kappa shape index (κ1) is 10.9. The molecule has 1 aromatic heterocycles. The minimum absolute atomic E-state index is 0.0994. The van der Waals surface area contributed by atoms with E-state index < -0.39 is 17.5 Å². The van der Waals surface area contributed by atoms with Gasteiger partial charge in [0.05, 0.1) is 12.2 Å². The van der Waals surface area contributed by atoms with Crippen LogP contribution in [0, 0.1) is 5.82 Å². The third-order valence-corrected chi connectivity index (χ3v) is 2.84. The van der Waals surface area contributed by atoms with Gasteiger partial charge in [-0.25, -0.2) is 9.18 Å². The Labute approximate surface area is 101 Å². The number of aromatic hydroxyl groups is 1. The topological polar surface area (TPSA) is 75.5 Å². The second-order valence-corrected chi connectivity index (χ2v) is 4.09. The highest BCUT2D eigenvalue weighted by molar-refractivity contribution is 5.71. The molecule has 0 amide bonds. The molecule has 6 heteroatoms. The van der Waals surface area contributed by atoms with Crippen LogP contribution in [0.3, 0.4) is 0 Å². The average molecular weight is 251 g/mol. The Balaban J connectivity index is 2.25. The van der Waals surface area contributed by atoms with Crippen LogP contribution in [-0.2, 0) is 6.42 Å². The number of halogens is 1. The van der Waals surface area contributed by atoms with Crippen LogP contribution in [0.15, 0.2) is 21.3 Å². The SMILES string of the molecule is O=c1[nH]c(O)c(-c2cc(F)cc3c2OCCC3)o1. The maximum Gasteiger partial charge on any atom is 0.419 e. The first-order valence-electron chi connectivity index (χ1n) is 5.53. The zero-order valence-corrected chi connectivity index (χ0v) is 9.33. The van der Waals surface area contributed by atoms with E-state index in [1.807, 2.05) is 0 Å². The summed E-state index contributed by atoms with van der Waals surface area (Å²) >= 11 is 0. The predicted octanol–water partition coefficient (Wildman–Crippen LogP) is 1.80. The highest BCUT2D eigenvalue weighted by Gasteiger charge is 2.22. The number of fused-ring (bicyclic) bond motifs is 1. The summed E-state index contributed by atoms with van der Waals surface area (Å²) in [7, 11) is 0. The molecule has 1 aliphatic heterocycles. The van der Waals surface area contributed by atoms with Crippen molar-refractivity contribution in [1.82, 2.24) is 4.98 Å². The molecule has 18 heavy (non-hydrogen) atoms. The number of benzene rings is 1. The molecule has 3 rings (SSSR count). The van der Waals surface area contributed by atoms with Crippen LogP contribution in [0.4, 0.5) is 4.39 Å². The molecule has 0 unspecified atom stereocenters. The van der Waals surface area contributed by atoms with Crippen LogP contribution in [-0.4, -0.2) is 16.7 Å². The largest absolute Gasteiger partial charge is 0.493 e. The van der Waals surface area contributed by atoms with Gasteiger partial charge >= 0.3 is 5.76 Å². The van der Waals surface area contributed by atoms with Crippen molar-refractivity contribution < 1.29 is 18.7 Å². The lowest BCUT2D eigenvalue weighted by molar-refractivity contribution is 0.288. The molecule has 5 nitrogen and oxygen atoms in total. The summed E-state index contributed by atoms with van der Waals surface area (Å²) in [6.45, 7) is 0.515. The van der Waals surface area contributed by atoms with E-state index >= 15 is 0 Å². The van der Waals surface area contributed by atoms with Gasteiger partial charge in [-0.1, -0.05) is 0 Å². The molecular weight excluding hydrogens is 241 g/mol. The monoisotopic (exact) mass is 251 g/mol. The van der Waals surface area contributed by atoms with E-state index in [2.05, 4.69) is 4.98 Å². The fourth-order valence-corrected chi connectivity index (χ4v) is 2.11. The number of nitrogens with one attached hydrogen (secondary N) is 1. The van der Waals surface area contributed by atoms with E-state index in [4.69, 9.17) is 9.15 Å². The average Bonchev–Trinajstić information content (AvgIpc) is 2.67. The molecule has 1 aliphatic rings. The molecule has 0 bridgehead atoms. The molecule has 1 aromatic carbocycles. The first-order valence-corrected chi connectivity index (χ1v) is 5.53. The quantitative estimate of drug-likeness (QED) is 0.810. The van der Waals surface area contributed by atoms with Crippen LogP contribution in [0.5, 0.6) is 11.6 Å². The molecule has 0 radical (unpaired) electrons. The van der Waals surface area contributed by atoms with Gasteiger partial charge in [0, 0.05) is 0 Å². The van der Waals surface area contributed by atoms with Crippen LogP contribution < -0.4 is 10.5 Å². The molecule has 0 fully saturated rings. The molecule has 0 aliphatic carbocycles. The number of aromatic nitrogens is 1. The van der Waals surface area contributed by atoms with Crippen LogP contribution >= 0.6 is 0 Å². The van der Waals surface area contributed by atoms with Crippen LogP contribution in [0.25, 0.3) is 11.3 Å². The number of H-pyrrole nitrogens is 1. The fraction of sp³-hybridized carbons (Fsp3) is 0.250. The van der Waals surface area contributed by atoms with E-state index in [1.165, 1.54) is 12.1 Å². The summed E-state index contributed by atoms with van der Waals surface area (Å²) in [4.78, 5) is 13.1. The van der Waals surface area contributed by atoms with E-state index in [1.54, 1.807) is 0 Å². The van der Waals surface area contributed by atoms with Gasteiger partial charge in [-0.15, -0.1) is 0 Å². The Hall–Kier alpha value is -2.24. The second kappa shape index (κ2) is 3.90. The zero-order chi connectivity index (χ0) is 12.7. The van der Waals surface area contributed by atoms with Gasteiger partial charge in [-0.05, 0) is 30.5 Å². The summed E-state index contributed by atoms with van der Waals surface area (Å²) in [5, 5.41) is 9.55. The Morgan fingerprint density at radius 2 is 2.22 bits per heavy atom. The first-order chi connectivity index (χ1) is 8.65. The molecular formula is C12H10FNO4. The summed E-state index contributed by atoms with van der Waals surface area (Å²) in [5.41, 5.74) is 0.958. The molecule has 0 spiro atoms. The van der Waals surface area contributed by atoms with E-state index in [0.717, 1.165) is 6.42 Å². The van der Waals surface area contributed by atoms with Crippen molar-refractivity contribution in [2.24, 2.45) is 0 Å². The molecule has 94 valence electrons. The maximum atomic E-state index is 13.5. The van der Waals surface area contributed by atoms with Crippen molar-refractivity contribution >= 4 is 0 Å². The van der Waals surface area contributed by atoms with Crippen molar-refractivity contribution in [3.05, 3.63) is 34.1 Å². The second-order valence-electron chi connectivity index (χ2n) is 4.09. The smallest absolute Gasteiger partial charge is 0.419 e. The van der Waals surface area contributed by atoms with Gasteiger partial charge < -0.3 is 14.3 Å². The standard InChI is InChI=1S/C12H10FNO4/c13-7-4-6-2-1-3-17-9(6)8(5-7)10-11(15)14-12(16)18-10/h4-5,15H,1-3H2,(H,14,16). The van der Waals surface area contributed by atoms with E-state index in [0.29, 0.717) is 24.3 Å². The van der Waals surface area contributed by atoms with Crippen molar-refractivity contribution in [3.63, 3.8) is 0 Å².